The second-order valence-corrected chi connectivity index (χ2v) is 23.1. The van der Waals surface area contributed by atoms with Crippen LogP contribution in [0.15, 0.2) is 0 Å². The largest absolute Gasteiger partial charge is 0.359 e. The van der Waals surface area contributed by atoms with E-state index >= 15 is 0 Å². The van der Waals surface area contributed by atoms with Gasteiger partial charge in [0.05, 0.1) is 0 Å². The molecule has 0 atom stereocenters. The first kappa shape index (κ1) is 20.3. The summed E-state index contributed by atoms with van der Waals surface area (Å²) in [6.07, 6.45) is 5.68. The minimum atomic E-state index is -1.19. The average molecular weight is 338 g/mol. The van der Waals surface area contributed by atoms with Gasteiger partial charge in [-0.1, -0.05) is 53.9 Å². The molecule has 116 valence electrons. The summed E-state index contributed by atoms with van der Waals surface area (Å²) in [5.41, 5.74) is 0. The predicted molar refractivity (Wildman–Crippen MR) is 104 cm³/mol. The van der Waals surface area contributed by atoms with Gasteiger partial charge in [-0.2, -0.15) is 0 Å². The summed E-state index contributed by atoms with van der Waals surface area (Å²) in [6, 6.07) is 0. The molecule has 0 saturated carbocycles. The van der Waals surface area contributed by atoms with Crippen LogP contribution >= 0.6 is 15.8 Å². The van der Waals surface area contributed by atoms with Gasteiger partial charge in [0, 0.05) is 0 Å². The quantitative estimate of drug-likeness (QED) is 0.431. The van der Waals surface area contributed by atoms with E-state index in [4.69, 9.17) is 0 Å². The van der Waals surface area contributed by atoms with Crippen molar-refractivity contribution in [1.82, 2.24) is 4.65 Å². The van der Waals surface area contributed by atoms with E-state index in [1.54, 1.807) is 0 Å². The lowest BCUT2D eigenvalue weighted by Gasteiger charge is -2.38. The van der Waals surface area contributed by atoms with Gasteiger partial charge >= 0.3 is 0 Å². The monoisotopic (exact) mass is 337 g/mol. The fourth-order valence-corrected chi connectivity index (χ4v) is 25.8. The maximum absolute atomic E-state index is 4.24. The highest BCUT2D eigenvalue weighted by atomic mass is 31.1. The summed E-state index contributed by atoms with van der Waals surface area (Å²) in [6.45, 7) is 19.8. The lowest BCUT2D eigenvalue weighted by Crippen LogP contribution is -2.62. The molecule has 0 radical (unpaired) electrons. The van der Waals surface area contributed by atoms with E-state index in [1.807, 2.05) is 0 Å². The topological polar surface area (TPSA) is 12.0 Å². The summed E-state index contributed by atoms with van der Waals surface area (Å²) >= 11 is 0. The van der Waals surface area contributed by atoms with E-state index in [0.717, 1.165) is 0 Å². The first-order chi connectivity index (χ1) is 8.69. The molecule has 0 spiro atoms. The molecular weight excluding hydrogens is 300 g/mol. The van der Waals surface area contributed by atoms with Gasteiger partial charge in [-0.15, -0.1) is 15.8 Å². The molecule has 1 N–H and O–H groups in total. The molecule has 0 aromatic rings. The zero-order chi connectivity index (χ0) is 15.1. The Labute approximate surface area is 127 Å². The molecule has 0 aliphatic heterocycles. The third-order valence-corrected chi connectivity index (χ3v) is 22.6. The van der Waals surface area contributed by atoms with Gasteiger partial charge in [0.25, 0.3) is 0 Å². The smallest absolute Gasteiger partial charge is 0.117 e. The van der Waals surface area contributed by atoms with Crippen molar-refractivity contribution < 1.29 is 0 Å². The molecule has 0 aromatic carbocycles. The number of rotatable bonds is 10. The van der Waals surface area contributed by atoms with Crippen LogP contribution in [0.3, 0.4) is 0 Å². The van der Waals surface area contributed by atoms with Crippen LogP contribution in [0.4, 0.5) is 0 Å². The van der Waals surface area contributed by atoms with Crippen LogP contribution in [0, 0.1) is 0 Å². The van der Waals surface area contributed by atoms with Gasteiger partial charge in [0.2, 0.25) is 0 Å². The van der Waals surface area contributed by atoms with Crippen molar-refractivity contribution in [2.24, 2.45) is 0 Å². The van der Waals surface area contributed by atoms with E-state index in [2.05, 4.69) is 58.5 Å². The highest BCUT2D eigenvalue weighted by Gasteiger charge is 2.33. The SMILES string of the molecule is CCP(CC)C[Si](C)(C)N[Si](C)(C)CP(CC)CC. The Morgan fingerprint density at radius 1 is 0.632 bits per heavy atom. The lowest BCUT2D eigenvalue weighted by molar-refractivity contribution is 1.27. The van der Waals surface area contributed by atoms with Crippen LogP contribution in [0.5, 0.6) is 0 Å². The maximum atomic E-state index is 4.24. The fraction of sp³-hybridized carbons (Fsp3) is 1.00. The van der Waals surface area contributed by atoms with Crippen molar-refractivity contribution in [1.29, 1.82) is 0 Å². The van der Waals surface area contributed by atoms with Crippen molar-refractivity contribution in [3.05, 3.63) is 0 Å². The molecular formula is C14H37NP2Si2. The molecule has 5 heteroatoms. The average Bonchev–Trinajstić information content (AvgIpc) is 2.31. The third kappa shape index (κ3) is 8.99. The Balaban J connectivity index is 4.52. The van der Waals surface area contributed by atoms with E-state index in [9.17, 15) is 0 Å². The summed E-state index contributed by atoms with van der Waals surface area (Å²) in [5, 5.41) is 0. The number of nitrogens with one attached hydrogen (secondary N) is 1. The Kier molecular flexibility index (Phi) is 9.92. The van der Waals surface area contributed by atoms with Crippen LogP contribution in [0.1, 0.15) is 27.7 Å². The van der Waals surface area contributed by atoms with Crippen molar-refractivity contribution in [2.45, 2.75) is 53.9 Å². The Morgan fingerprint density at radius 2 is 0.895 bits per heavy atom. The number of hydrogen-bond acceptors (Lipinski definition) is 1. The highest BCUT2D eigenvalue weighted by molar-refractivity contribution is 7.61. The van der Waals surface area contributed by atoms with Crippen LogP contribution in [0.2, 0.25) is 26.2 Å². The zero-order valence-electron chi connectivity index (χ0n) is 14.6. The Morgan fingerprint density at radius 3 is 1.11 bits per heavy atom. The Hall–Kier alpha value is 1.25. The van der Waals surface area contributed by atoms with Gasteiger partial charge in [0.1, 0.15) is 16.5 Å². The molecule has 0 saturated heterocycles. The van der Waals surface area contributed by atoms with Crippen molar-refractivity contribution >= 4 is 32.3 Å². The number of hydrogen-bond donors (Lipinski definition) is 1. The van der Waals surface area contributed by atoms with Gasteiger partial charge in [0.15, 0.2) is 0 Å². The van der Waals surface area contributed by atoms with E-state index in [-0.39, 0.29) is 0 Å². The molecule has 0 aliphatic carbocycles. The minimum Gasteiger partial charge on any atom is -0.359 e. The van der Waals surface area contributed by atoms with Gasteiger partial charge in [-0.05, 0) is 36.2 Å². The molecule has 0 fully saturated rings. The normalized spacial score (nSPS) is 13.6. The molecule has 0 bridgehead atoms. The predicted octanol–water partition coefficient (Wildman–Crippen LogP) is 5.11. The van der Waals surface area contributed by atoms with Gasteiger partial charge < -0.3 is 4.65 Å². The van der Waals surface area contributed by atoms with E-state index in [1.165, 1.54) is 36.2 Å². The van der Waals surface area contributed by atoms with E-state index < -0.39 is 16.5 Å². The summed E-state index contributed by atoms with van der Waals surface area (Å²) in [4.78, 5) is 0. The van der Waals surface area contributed by atoms with Crippen LogP contribution in [0.25, 0.3) is 0 Å². The molecule has 0 rings (SSSR count). The first-order valence-corrected chi connectivity index (χ1v) is 18.1. The second-order valence-electron chi connectivity index (χ2n) is 6.82. The maximum Gasteiger partial charge on any atom is 0.117 e. The zero-order valence-corrected chi connectivity index (χ0v) is 18.4. The molecule has 19 heavy (non-hydrogen) atoms. The van der Waals surface area contributed by atoms with E-state index in [0.29, 0.717) is 15.8 Å². The molecule has 0 aliphatic rings. The molecule has 0 aromatic heterocycles. The summed E-state index contributed by atoms with van der Waals surface area (Å²) in [7, 11) is -1.77. The van der Waals surface area contributed by atoms with Gasteiger partial charge in [-0.3, -0.25) is 0 Å². The van der Waals surface area contributed by atoms with Gasteiger partial charge in [-0.25, -0.2) is 0 Å². The minimum absolute atomic E-state index is 0.302. The second kappa shape index (κ2) is 9.31. The molecule has 1 nitrogen and oxygen atoms in total. The van der Waals surface area contributed by atoms with Crippen molar-refractivity contribution in [3.8, 4) is 0 Å². The summed E-state index contributed by atoms with van der Waals surface area (Å²) < 4.78 is 4.24. The first-order valence-electron chi connectivity index (χ1n) is 7.93. The molecule has 0 unspecified atom stereocenters. The molecule has 0 amide bonds. The van der Waals surface area contributed by atoms with Crippen LogP contribution < -0.4 is 4.65 Å². The lowest BCUT2D eigenvalue weighted by atomic mass is 11.0. The third-order valence-electron chi connectivity index (χ3n) is 3.70. The standard InChI is InChI=1S/C14H37NP2Si2/c1-9-16(10-2)13-18(5,6)15-19(7,8)14-17(11-3)12-4/h15H,9-14H2,1-8H3. The van der Waals surface area contributed by atoms with Crippen LogP contribution in [-0.2, 0) is 0 Å². The fourth-order valence-electron chi connectivity index (χ4n) is 3.01. The van der Waals surface area contributed by atoms with Crippen molar-refractivity contribution in [3.63, 3.8) is 0 Å². The highest BCUT2D eigenvalue weighted by Crippen LogP contribution is 2.39. The van der Waals surface area contributed by atoms with Crippen LogP contribution in [-0.4, -0.2) is 52.7 Å². The Bertz CT molecular complexity index is 216. The summed E-state index contributed by atoms with van der Waals surface area (Å²) in [5.74, 6) is 3.06. The molecule has 0 heterocycles. The van der Waals surface area contributed by atoms with Crippen molar-refractivity contribution in [2.75, 3.05) is 36.2 Å².